The molecule has 0 saturated carbocycles. The van der Waals surface area contributed by atoms with Crippen molar-refractivity contribution in [2.45, 2.75) is 48.1 Å². The number of alkyl halides is 9. The smallest absolute Gasteiger partial charge is 0.462 e. The topological polar surface area (TPSA) is 205 Å². The Kier molecular flexibility index (Phi) is 13.5. The third-order valence-corrected chi connectivity index (χ3v) is 9.85. The molecule has 48 heavy (non-hydrogen) atoms. The molecule has 1 rings (SSSR count). The molecule has 0 fully saturated rings. The van der Waals surface area contributed by atoms with Crippen LogP contribution in [0.3, 0.4) is 0 Å². The molecule has 0 bridgehead atoms. The molecule has 1 aromatic rings. The highest BCUT2D eigenvalue weighted by Gasteiger charge is 2.83. The minimum atomic E-state index is -7.92. The molecule has 1 aromatic carbocycles. The number of benzene rings is 1. The van der Waals surface area contributed by atoms with Crippen molar-refractivity contribution in [3.8, 4) is 5.75 Å². The molecule has 1 amide bonds. The second-order valence-electron chi connectivity index (χ2n) is 9.06. The van der Waals surface area contributed by atoms with E-state index in [0.717, 1.165) is 12.1 Å². The first-order valence-corrected chi connectivity index (χ1v) is 16.7. The first-order chi connectivity index (χ1) is 21.5. The summed E-state index contributed by atoms with van der Waals surface area (Å²) < 4.78 is 202. The quantitative estimate of drug-likeness (QED) is 0.0724. The molecule has 0 atom stereocenters. The van der Waals surface area contributed by atoms with Gasteiger partial charge in [-0.15, -0.1) is 0 Å². The van der Waals surface area contributed by atoms with Gasteiger partial charge in [0.2, 0.25) is 5.91 Å². The molecular weight excluding hydrogens is 751 g/mol. The van der Waals surface area contributed by atoms with Crippen molar-refractivity contribution in [2.24, 2.45) is 0 Å². The van der Waals surface area contributed by atoms with E-state index in [4.69, 9.17) is 4.74 Å². The molecule has 26 heteroatoms. The molecule has 0 aliphatic carbocycles. The Bertz CT molecular complexity index is 1700. The van der Waals surface area contributed by atoms with Gasteiger partial charge in [0.1, 0.15) is 19.0 Å². The summed E-state index contributed by atoms with van der Waals surface area (Å²) in [6.07, 6.45) is -0.780. The summed E-state index contributed by atoms with van der Waals surface area (Å²) in [5.41, 5.74) is -6.39. The van der Waals surface area contributed by atoms with Gasteiger partial charge in [0, 0.05) is 18.5 Å². The summed E-state index contributed by atoms with van der Waals surface area (Å²) in [6, 6.07) is 2.88. The van der Waals surface area contributed by atoms with Crippen LogP contribution in [0.2, 0.25) is 0 Å². The molecule has 14 nitrogen and oxygen atoms in total. The minimum Gasteiger partial charge on any atom is -0.462 e. The van der Waals surface area contributed by atoms with Gasteiger partial charge >= 0.3 is 54.0 Å². The Morgan fingerprint density at radius 1 is 0.771 bits per heavy atom. The summed E-state index contributed by atoms with van der Waals surface area (Å²) in [4.78, 5) is 34.7. The van der Waals surface area contributed by atoms with Gasteiger partial charge in [-0.2, -0.15) is 47.9 Å². The summed E-state index contributed by atoms with van der Waals surface area (Å²) in [5.74, 6) is -11.0. The fourth-order valence-electron chi connectivity index (χ4n) is 2.77. The van der Waals surface area contributed by atoms with Crippen LogP contribution in [0.1, 0.15) is 25.3 Å². The average Bonchev–Trinajstić information content (AvgIpc) is 2.93. The molecule has 0 heterocycles. The first-order valence-electron chi connectivity index (χ1n) is 12.3. The number of halogens is 9. The van der Waals surface area contributed by atoms with Gasteiger partial charge < -0.3 is 19.0 Å². The van der Waals surface area contributed by atoms with Crippen molar-refractivity contribution in [1.29, 1.82) is 0 Å². The molecule has 0 aliphatic rings. The van der Waals surface area contributed by atoms with Crippen molar-refractivity contribution >= 4 is 48.0 Å². The van der Waals surface area contributed by atoms with Crippen molar-refractivity contribution in [2.75, 3.05) is 19.8 Å². The van der Waals surface area contributed by atoms with Gasteiger partial charge in [-0.05, 0) is 31.0 Å². The second kappa shape index (κ2) is 15.3. The fourth-order valence-corrected chi connectivity index (χ4v) is 6.16. The summed E-state index contributed by atoms with van der Waals surface area (Å²) in [6.45, 7) is 4.05. The van der Waals surface area contributed by atoms with Gasteiger partial charge in [0.05, 0.1) is 6.42 Å². The Morgan fingerprint density at radius 3 is 1.79 bits per heavy atom. The second-order valence-corrected chi connectivity index (χ2v) is 14.3. The van der Waals surface area contributed by atoms with Crippen molar-refractivity contribution in [3.63, 3.8) is 0 Å². The van der Waals surface area contributed by atoms with E-state index in [1.54, 1.807) is 0 Å². The van der Waals surface area contributed by atoms with Crippen LogP contribution in [0, 0.1) is 0 Å². The molecule has 0 spiro atoms. The number of rotatable bonds is 18. The lowest BCUT2D eigenvalue weighted by atomic mass is 10.1. The maximum Gasteiger partial charge on any atom is 0.512 e. The van der Waals surface area contributed by atoms with E-state index in [-0.39, 0.29) is 50.2 Å². The number of nitrogens with one attached hydrogen (secondary N) is 2. The number of hydrogen-bond donors (Lipinski definition) is 2. The number of carbonyl (C=O) groups is 3. The zero-order chi connectivity index (χ0) is 37.6. The largest absolute Gasteiger partial charge is 0.512 e. The van der Waals surface area contributed by atoms with Crippen LogP contribution in [-0.4, -0.2) is 84.8 Å². The van der Waals surface area contributed by atoms with Crippen LogP contribution in [0.5, 0.6) is 5.75 Å². The van der Waals surface area contributed by atoms with E-state index in [0.29, 0.717) is 12.1 Å². The van der Waals surface area contributed by atoms with Gasteiger partial charge in [0.25, 0.3) is 10.0 Å². The van der Waals surface area contributed by atoms with Gasteiger partial charge in [-0.25, -0.2) is 21.6 Å². The summed E-state index contributed by atoms with van der Waals surface area (Å²) >= 11 is 0. The first kappa shape index (κ1) is 42.4. The molecule has 0 aromatic heterocycles. The van der Waals surface area contributed by atoms with E-state index in [2.05, 4.69) is 20.8 Å². The number of amides is 1. The predicted molar refractivity (Wildman–Crippen MR) is 141 cm³/mol. The van der Waals surface area contributed by atoms with E-state index in [1.165, 1.54) is 6.92 Å². The number of sulfonamides is 2. The third-order valence-electron chi connectivity index (χ3n) is 5.26. The molecule has 274 valence electrons. The van der Waals surface area contributed by atoms with Crippen LogP contribution in [0.15, 0.2) is 36.4 Å². The summed E-state index contributed by atoms with van der Waals surface area (Å²) in [5, 5.41) is -12.4. The molecular formula is C22H23F9N2O12S3. The normalized spacial score (nSPS) is 13.4. The van der Waals surface area contributed by atoms with E-state index in [9.17, 15) is 79.2 Å². The minimum absolute atomic E-state index is 0.0660. The van der Waals surface area contributed by atoms with Crippen LogP contribution >= 0.6 is 0 Å². The molecule has 0 unspecified atom stereocenters. The molecule has 0 radical (unpaired) electrons. The lowest BCUT2D eigenvalue weighted by Crippen LogP contribution is -2.64. The van der Waals surface area contributed by atoms with Crippen LogP contribution in [-0.2, 0) is 60.4 Å². The van der Waals surface area contributed by atoms with Crippen molar-refractivity contribution in [1.82, 2.24) is 9.44 Å². The third kappa shape index (κ3) is 10.2. The predicted octanol–water partition coefficient (Wildman–Crippen LogP) is 2.09. The van der Waals surface area contributed by atoms with Gasteiger partial charge in [0.15, 0.2) is 0 Å². The average molecular weight is 775 g/mol. The highest BCUT2D eigenvalue weighted by Crippen LogP contribution is 2.51. The van der Waals surface area contributed by atoms with Crippen LogP contribution in [0.4, 0.5) is 39.5 Å². The Hall–Kier alpha value is -3.65. The lowest BCUT2D eigenvalue weighted by Gasteiger charge is -2.31. The van der Waals surface area contributed by atoms with Crippen molar-refractivity contribution in [3.05, 3.63) is 42.0 Å². The van der Waals surface area contributed by atoms with E-state index in [1.807, 2.05) is 0 Å². The van der Waals surface area contributed by atoms with Crippen LogP contribution < -0.4 is 13.6 Å². The van der Waals surface area contributed by atoms with Crippen LogP contribution in [0.25, 0.3) is 0 Å². The van der Waals surface area contributed by atoms with Crippen molar-refractivity contribution < 1.29 is 92.8 Å². The summed E-state index contributed by atoms with van der Waals surface area (Å²) in [7, 11) is -22.6. The SMILES string of the molecule is C=C(C)C(=O)OCCOC(=O)CCC(=O)NCCc1ccc(OS(=O)(=O)C(F)(F)C(F)(F)C(F)(F)S(=O)(=O)NS(=O)(=O)C(F)(F)F)cc1. The Labute approximate surface area is 265 Å². The maximum absolute atomic E-state index is 14.2. The highest BCUT2D eigenvalue weighted by atomic mass is 32.3. The number of ether oxygens (including phenoxy) is 2. The van der Waals surface area contributed by atoms with E-state index < -0.39 is 79.8 Å². The highest BCUT2D eigenvalue weighted by molar-refractivity contribution is 8.05. The molecule has 2 N–H and O–H groups in total. The number of hydrogen-bond acceptors (Lipinski definition) is 12. The van der Waals surface area contributed by atoms with Gasteiger partial charge in [-0.3, -0.25) is 9.59 Å². The maximum atomic E-state index is 14.2. The monoisotopic (exact) mass is 774 g/mol. The van der Waals surface area contributed by atoms with E-state index >= 15 is 0 Å². The standard InChI is InChI=1S/C22H23F9N2O12S3/c1-13(2)18(36)44-12-11-43-17(35)8-7-16(34)32-10-9-14-3-5-15(6-4-14)45-48(41,42)21(27,28)19(23,24)20(25,26)46(37,38)33-47(39,40)22(29,30)31/h3-6,33H,1,7-12H2,2H3,(H,32,34). The lowest BCUT2D eigenvalue weighted by molar-refractivity contribution is -0.245. The zero-order valence-corrected chi connectivity index (χ0v) is 26.2. The Morgan fingerprint density at radius 2 is 1.29 bits per heavy atom. The number of esters is 2. The van der Waals surface area contributed by atoms with Gasteiger partial charge in [-0.1, -0.05) is 22.8 Å². The zero-order valence-electron chi connectivity index (χ0n) is 23.8. The fraction of sp³-hybridized carbons (Fsp3) is 0.500. The molecule has 0 saturated heterocycles. The molecule has 0 aliphatic heterocycles. The number of carbonyl (C=O) groups excluding carboxylic acids is 3. The Balaban J connectivity index is 2.80.